The fraction of sp³-hybridized carbons (Fsp3) is 0.500. The molecule has 0 N–H and O–H groups in total. The smallest absolute Gasteiger partial charge is 0.0235 e. The second-order valence-corrected chi connectivity index (χ2v) is 6.08. The quantitative estimate of drug-likeness (QED) is 0.499. The number of hydrogen-bond donors (Lipinski definition) is 0. The van der Waals surface area contributed by atoms with Crippen LogP contribution in [0.1, 0.15) is 25.7 Å². The Morgan fingerprint density at radius 3 is 2.86 bits per heavy atom. The minimum Gasteiger partial charge on any atom is -0.130 e. The Hall–Kier alpha value is 0.300. The van der Waals surface area contributed by atoms with E-state index in [1.807, 2.05) is 0 Å². The molecule has 0 spiro atoms. The van der Waals surface area contributed by atoms with Crippen LogP contribution in [0, 0.1) is 5.92 Å². The van der Waals surface area contributed by atoms with E-state index < -0.39 is 0 Å². The van der Waals surface area contributed by atoms with Gasteiger partial charge in [-0.3, -0.25) is 0 Å². The fourth-order valence-electron chi connectivity index (χ4n) is 1.85. The highest BCUT2D eigenvalue weighted by molar-refractivity contribution is 14.1. The van der Waals surface area contributed by atoms with E-state index in [0.717, 1.165) is 0 Å². The molecule has 0 aromatic heterocycles. The Bertz CT molecular complexity index is 289. The molecule has 1 aliphatic carbocycles. The topological polar surface area (TPSA) is 0 Å². The number of thioether (sulfide) groups is 1. The molecule has 1 atom stereocenters. The van der Waals surface area contributed by atoms with Crippen LogP contribution in [-0.2, 0) is 0 Å². The van der Waals surface area contributed by atoms with Gasteiger partial charge in [0.05, 0.1) is 0 Å². The monoisotopic (exact) mass is 318 g/mol. The van der Waals surface area contributed by atoms with Gasteiger partial charge in [-0.05, 0) is 56.8 Å². The third kappa shape index (κ3) is 2.66. The van der Waals surface area contributed by atoms with Gasteiger partial charge >= 0.3 is 0 Å². The molecule has 0 saturated carbocycles. The summed E-state index contributed by atoms with van der Waals surface area (Å²) in [6.07, 6.45) is 14.4. The van der Waals surface area contributed by atoms with Crippen LogP contribution in [0.4, 0.5) is 0 Å². The maximum Gasteiger partial charge on any atom is 0.0235 e. The van der Waals surface area contributed by atoms with E-state index in [9.17, 15) is 0 Å². The fourth-order valence-corrected chi connectivity index (χ4v) is 4.10. The first-order valence-corrected chi connectivity index (χ1v) is 7.28. The lowest BCUT2D eigenvalue weighted by Crippen LogP contribution is -2.01. The van der Waals surface area contributed by atoms with E-state index >= 15 is 0 Å². The highest BCUT2D eigenvalue weighted by Crippen LogP contribution is 2.40. The van der Waals surface area contributed by atoms with Gasteiger partial charge in [-0.15, -0.1) is 11.8 Å². The molecule has 0 aromatic rings. The Kier molecular flexibility index (Phi) is 4.17. The van der Waals surface area contributed by atoms with Crippen LogP contribution in [0.15, 0.2) is 32.8 Å². The maximum absolute atomic E-state index is 2.52. The molecule has 0 saturated heterocycles. The van der Waals surface area contributed by atoms with Crippen molar-refractivity contribution in [1.82, 2.24) is 0 Å². The zero-order chi connectivity index (χ0) is 9.80. The molecule has 2 rings (SSSR count). The standard InChI is InChI=1S/C12H15IS/c13-11-7-4-2-1-3-6-10(11)12-8-5-9-14-12/h1,3,7-8,10H,2,4-6,9H2/b3-1+,11-7?. The Balaban J connectivity index is 2.13. The molecule has 0 bridgehead atoms. The lowest BCUT2D eigenvalue weighted by Gasteiger charge is -2.17. The normalized spacial score (nSPS) is 30.2. The molecule has 1 unspecified atom stereocenters. The second kappa shape index (κ2) is 5.40. The molecule has 2 heteroatoms. The summed E-state index contributed by atoms with van der Waals surface area (Å²) in [6, 6.07) is 0. The first-order valence-electron chi connectivity index (χ1n) is 5.21. The summed E-state index contributed by atoms with van der Waals surface area (Å²) in [4.78, 5) is 1.61. The van der Waals surface area contributed by atoms with Gasteiger partial charge in [-0.2, -0.15) is 0 Å². The van der Waals surface area contributed by atoms with Crippen LogP contribution in [0.5, 0.6) is 0 Å². The van der Waals surface area contributed by atoms with Gasteiger partial charge < -0.3 is 0 Å². The van der Waals surface area contributed by atoms with E-state index in [0.29, 0.717) is 5.92 Å². The summed E-state index contributed by atoms with van der Waals surface area (Å²) < 4.78 is 1.55. The minimum atomic E-state index is 0.680. The van der Waals surface area contributed by atoms with Crippen molar-refractivity contribution in [3.8, 4) is 0 Å². The van der Waals surface area contributed by atoms with E-state index in [4.69, 9.17) is 0 Å². The molecule has 0 amide bonds. The first-order chi connectivity index (χ1) is 6.88. The molecule has 1 aliphatic heterocycles. The molecule has 0 radical (unpaired) electrons. The van der Waals surface area contributed by atoms with Crippen LogP contribution < -0.4 is 0 Å². The van der Waals surface area contributed by atoms with Crippen molar-refractivity contribution in [1.29, 1.82) is 0 Å². The number of rotatable bonds is 1. The highest BCUT2D eigenvalue weighted by atomic mass is 127. The summed E-state index contributed by atoms with van der Waals surface area (Å²) in [6.45, 7) is 0. The molecule has 76 valence electrons. The van der Waals surface area contributed by atoms with Crippen molar-refractivity contribution in [3.63, 3.8) is 0 Å². The van der Waals surface area contributed by atoms with Crippen LogP contribution >= 0.6 is 34.4 Å². The largest absolute Gasteiger partial charge is 0.130 e. The van der Waals surface area contributed by atoms with Gasteiger partial charge in [0, 0.05) is 11.7 Å². The molecule has 1 heterocycles. The zero-order valence-corrected chi connectivity index (χ0v) is 11.2. The molecule has 0 aromatic carbocycles. The van der Waals surface area contributed by atoms with Gasteiger partial charge in [0.2, 0.25) is 0 Å². The average molecular weight is 318 g/mol. The summed E-state index contributed by atoms with van der Waals surface area (Å²) in [7, 11) is 0. The van der Waals surface area contributed by atoms with Crippen molar-refractivity contribution in [2.24, 2.45) is 5.92 Å². The van der Waals surface area contributed by atoms with Crippen molar-refractivity contribution in [3.05, 3.63) is 32.8 Å². The third-order valence-electron chi connectivity index (χ3n) is 2.62. The van der Waals surface area contributed by atoms with Crippen molar-refractivity contribution < 1.29 is 0 Å². The van der Waals surface area contributed by atoms with E-state index in [-0.39, 0.29) is 0 Å². The molecular weight excluding hydrogens is 303 g/mol. The second-order valence-electron chi connectivity index (χ2n) is 3.67. The summed E-state index contributed by atoms with van der Waals surface area (Å²) >= 11 is 4.57. The van der Waals surface area contributed by atoms with Crippen LogP contribution in [0.3, 0.4) is 0 Å². The van der Waals surface area contributed by atoms with Crippen molar-refractivity contribution >= 4 is 34.4 Å². The van der Waals surface area contributed by atoms with Gasteiger partial charge in [-0.25, -0.2) is 0 Å². The Morgan fingerprint density at radius 1 is 1.14 bits per heavy atom. The van der Waals surface area contributed by atoms with E-state index in [1.165, 1.54) is 31.4 Å². The number of halogens is 1. The minimum absolute atomic E-state index is 0.680. The first kappa shape index (κ1) is 10.8. The number of allylic oxidation sites excluding steroid dienone is 6. The van der Waals surface area contributed by atoms with Crippen molar-refractivity contribution in [2.75, 3.05) is 5.75 Å². The molecule has 0 nitrogen and oxygen atoms in total. The SMILES string of the molecule is IC1=CCC/C=C/CC1C1=CCCS1. The third-order valence-corrected chi connectivity index (χ3v) is 5.04. The number of hydrogen-bond acceptors (Lipinski definition) is 1. The highest BCUT2D eigenvalue weighted by Gasteiger charge is 2.19. The lowest BCUT2D eigenvalue weighted by atomic mass is 10.00. The van der Waals surface area contributed by atoms with Gasteiger partial charge in [-0.1, -0.05) is 24.3 Å². The zero-order valence-electron chi connectivity index (χ0n) is 8.21. The van der Waals surface area contributed by atoms with Gasteiger partial charge in [0.15, 0.2) is 0 Å². The predicted molar refractivity (Wildman–Crippen MR) is 73.7 cm³/mol. The van der Waals surface area contributed by atoms with Gasteiger partial charge in [0.1, 0.15) is 0 Å². The Morgan fingerprint density at radius 2 is 2.07 bits per heavy atom. The van der Waals surface area contributed by atoms with Crippen LogP contribution in [-0.4, -0.2) is 5.75 Å². The maximum atomic E-state index is 2.52. The molecule has 0 fully saturated rings. The Labute approximate surface area is 104 Å². The van der Waals surface area contributed by atoms with Crippen LogP contribution in [0.2, 0.25) is 0 Å². The molecule has 2 aliphatic rings. The summed E-state index contributed by atoms with van der Waals surface area (Å²) in [5, 5.41) is 0. The summed E-state index contributed by atoms with van der Waals surface area (Å²) in [5.41, 5.74) is 0. The van der Waals surface area contributed by atoms with E-state index in [2.05, 4.69) is 58.7 Å². The lowest BCUT2D eigenvalue weighted by molar-refractivity contribution is 0.790. The average Bonchev–Trinajstić information content (AvgIpc) is 2.65. The van der Waals surface area contributed by atoms with E-state index in [1.54, 1.807) is 8.48 Å². The van der Waals surface area contributed by atoms with Crippen LogP contribution in [0.25, 0.3) is 0 Å². The molecule has 14 heavy (non-hydrogen) atoms. The van der Waals surface area contributed by atoms with Gasteiger partial charge in [0.25, 0.3) is 0 Å². The summed E-state index contributed by atoms with van der Waals surface area (Å²) in [5.74, 6) is 1.97. The molecular formula is C12H15IS. The predicted octanol–water partition coefficient (Wildman–Crippen LogP) is 4.68. The van der Waals surface area contributed by atoms with Crippen molar-refractivity contribution in [2.45, 2.75) is 25.7 Å².